The molecular weight excluding hydrogens is 398 g/mol. The van der Waals surface area contributed by atoms with E-state index in [1.165, 1.54) is 14.0 Å². The predicted octanol–water partition coefficient (Wildman–Crippen LogP) is 2.12. The van der Waals surface area contributed by atoms with E-state index >= 15 is 0 Å². The normalized spacial score (nSPS) is 11.9. The molecule has 3 aromatic rings. The minimum atomic E-state index is -0.339. The molecule has 0 spiro atoms. The number of carbonyl (C=O) groups excluding carboxylic acids is 2. The number of hydrogen-bond donors (Lipinski definition) is 2. The Hall–Kier alpha value is -3.62. The molecule has 0 aliphatic rings. The van der Waals surface area contributed by atoms with Crippen LogP contribution in [0.25, 0.3) is 5.52 Å². The second-order valence-electron chi connectivity index (χ2n) is 7.52. The summed E-state index contributed by atoms with van der Waals surface area (Å²) in [6.07, 6.45) is 1.63. The van der Waals surface area contributed by atoms with E-state index in [1.54, 1.807) is 47.8 Å². The van der Waals surface area contributed by atoms with Gasteiger partial charge in [-0.15, -0.1) is 0 Å². The van der Waals surface area contributed by atoms with E-state index in [0.29, 0.717) is 28.1 Å². The lowest BCUT2D eigenvalue weighted by Gasteiger charge is -2.24. The van der Waals surface area contributed by atoms with Gasteiger partial charge in [0.2, 0.25) is 5.91 Å². The van der Waals surface area contributed by atoms with E-state index in [-0.39, 0.29) is 30.0 Å². The molecule has 0 aromatic carbocycles. The average molecular weight is 425 g/mol. The number of nitrogens with zero attached hydrogens (tertiary/aromatic N) is 3. The molecule has 31 heavy (non-hydrogen) atoms. The molecule has 0 aliphatic carbocycles. The number of carbonyl (C=O) groups is 2. The number of H-pyrrole nitrogens is 1. The summed E-state index contributed by atoms with van der Waals surface area (Å²) in [6, 6.07) is 4.98. The zero-order chi connectivity index (χ0) is 22.9. The van der Waals surface area contributed by atoms with Crippen molar-refractivity contribution in [2.45, 2.75) is 40.3 Å². The van der Waals surface area contributed by atoms with Gasteiger partial charge in [-0.05, 0) is 44.5 Å². The van der Waals surface area contributed by atoms with Crippen molar-refractivity contribution in [3.63, 3.8) is 0 Å². The molecule has 0 saturated carbocycles. The third kappa shape index (κ3) is 4.03. The molecule has 0 fully saturated rings. The number of hydrogen-bond acceptors (Lipinski definition) is 5. The Morgan fingerprint density at radius 2 is 2.06 bits per heavy atom. The van der Waals surface area contributed by atoms with Gasteiger partial charge in [0.15, 0.2) is 0 Å². The molecular formula is C22H27N5O4. The molecule has 9 heteroatoms. The maximum Gasteiger partial charge on any atom is 0.256 e. The number of aromatic nitrogens is 3. The van der Waals surface area contributed by atoms with E-state index < -0.39 is 0 Å². The molecule has 164 valence electrons. The van der Waals surface area contributed by atoms with Crippen LogP contribution in [0.2, 0.25) is 0 Å². The summed E-state index contributed by atoms with van der Waals surface area (Å²) in [6.45, 7) is 6.99. The molecule has 2 amide bonds. The summed E-state index contributed by atoms with van der Waals surface area (Å²) >= 11 is 0. The largest absolute Gasteiger partial charge is 0.496 e. The smallest absolute Gasteiger partial charge is 0.256 e. The average Bonchev–Trinajstić information content (AvgIpc) is 3.02. The van der Waals surface area contributed by atoms with Gasteiger partial charge < -0.3 is 19.9 Å². The number of aryl methyl sites for hydroxylation is 1. The van der Waals surface area contributed by atoms with Crippen LogP contribution in [0, 0.1) is 13.8 Å². The van der Waals surface area contributed by atoms with Gasteiger partial charge >= 0.3 is 0 Å². The fraction of sp³-hybridized carbons (Fsp3) is 0.364. The monoisotopic (exact) mass is 425 g/mol. The lowest BCUT2D eigenvalue weighted by Crippen LogP contribution is -2.29. The number of pyridine rings is 1. The van der Waals surface area contributed by atoms with Crippen molar-refractivity contribution in [2.75, 3.05) is 14.2 Å². The van der Waals surface area contributed by atoms with Crippen LogP contribution in [0.5, 0.6) is 5.75 Å². The van der Waals surface area contributed by atoms with Crippen LogP contribution in [0.4, 0.5) is 0 Å². The molecule has 3 heterocycles. The molecule has 0 radical (unpaired) electrons. The number of rotatable bonds is 6. The summed E-state index contributed by atoms with van der Waals surface area (Å²) in [5.41, 5.74) is 3.26. The lowest BCUT2D eigenvalue weighted by molar-refractivity contribution is -0.129. The van der Waals surface area contributed by atoms with E-state index in [9.17, 15) is 14.4 Å². The molecule has 2 N–H and O–H groups in total. The van der Waals surface area contributed by atoms with Gasteiger partial charge in [-0.3, -0.25) is 14.4 Å². The van der Waals surface area contributed by atoms with Crippen LogP contribution >= 0.6 is 0 Å². The third-order valence-corrected chi connectivity index (χ3v) is 5.57. The van der Waals surface area contributed by atoms with Crippen molar-refractivity contribution in [1.82, 2.24) is 24.8 Å². The Labute approximate surface area is 180 Å². The van der Waals surface area contributed by atoms with Crippen molar-refractivity contribution < 1.29 is 14.3 Å². The van der Waals surface area contributed by atoms with E-state index in [1.807, 2.05) is 13.8 Å². The molecule has 0 unspecified atom stereocenters. The Kier molecular flexibility index (Phi) is 6.14. The minimum Gasteiger partial charge on any atom is -0.496 e. The van der Waals surface area contributed by atoms with Crippen LogP contribution in [-0.2, 0) is 11.3 Å². The predicted molar refractivity (Wildman–Crippen MR) is 116 cm³/mol. The van der Waals surface area contributed by atoms with Crippen molar-refractivity contribution in [3.8, 4) is 5.75 Å². The molecule has 1 atom stereocenters. The molecule has 0 saturated heterocycles. The van der Waals surface area contributed by atoms with Gasteiger partial charge in [0.05, 0.1) is 42.0 Å². The standard InChI is InChI=1S/C22H27N5O4/c1-12-10-18(31-6)16(21(29)25-12)11-23-22(30)19-13(2)20(14(3)26(5)15(4)28)27-17(19)8-7-9-24-27/h7-10,14H,11H2,1-6H3,(H,23,30)(H,25,29)/t14-/m1/s1. The number of methoxy groups -OCH3 is 1. The van der Waals surface area contributed by atoms with Crippen LogP contribution in [0.15, 0.2) is 29.2 Å². The highest BCUT2D eigenvalue weighted by molar-refractivity contribution is 6.03. The highest BCUT2D eigenvalue weighted by atomic mass is 16.5. The highest BCUT2D eigenvalue weighted by Crippen LogP contribution is 2.29. The maximum absolute atomic E-state index is 13.2. The Morgan fingerprint density at radius 3 is 2.71 bits per heavy atom. The van der Waals surface area contributed by atoms with Crippen molar-refractivity contribution in [2.24, 2.45) is 0 Å². The summed E-state index contributed by atoms with van der Waals surface area (Å²) < 4.78 is 6.99. The summed E-state index contributed by atoms with van der Waals surface area (Å²) in [5, 5.41) is 7.23. The number of fused-ring (bicyclic) bond motifs is 1. The fourth-order valence-electron chi connectivity index (χ4n) is 3.76. The number of aromatic amines is 1. The summed E-state index contributed by atoms with van der Waals surface area (Å²) in [4.78, 5) is 41.7. The van der Waals surface area contributed by atoms with Gasteiger partial charge in [-0.2, -0.15) is 5.10 Å². The summed E-state index contributed by atoms with van der Waals surface area (Å²) in [5.74, 6) is -0.0116. The molecule has 0 aliphatic heterocycles. The first-order valence-electron chi connectivity index (χ1n) is 9.92. The fourth-order valence-corrected chi connectivity index (χ4v) is 3.76. The zero-order valence-corrected chi connectivity index (χ0v) is 18.6. The maximum atomic E-state index is 13.2. The molecule has 3 aromatic heterocycles. The van der Waals surface area contributed by atoms with E-state index in [2.05, 4.69) is 15.4 Å². The lowest BCUT2D eigenvalue weighted by atomic mass is 10.1. The first-order chi connectivity index (χ1) is 14.7. The van der Waals surface area contributed by atoms with Gasteiger partial charge in [0.25, 0.3) is 11.5 Å². The minimum absolute atomic E-state index is 0.00684. The summed E-state index contributed by atoms with van der Waals surface area (Å²) in [7, 11) is 3.19. The van der Waals surface area contributed by atoms with E-state index in [4.69, 9.17) is 4.74 Å². The molecule has 9 nitrogen and oxygen atoms in total. The van der Waals surface area contributed by atoms with Crippen molar-refractivity contribution in [1.29, 1.82) is 0 Å². The van der Waals surface area contributed by atoms with Gasteiger partial charge in [0.1, 0.15) is 5.75 Å². The Bertz CT molecular complexity index is 1210. The second kappa shape index (κ2) is 8.63. The van der Waals surface area contributed by atoms with Crippen LogP contribution in [-0.4, -0.2) is 45.5 Å². The number of amides is 2. The van der Waals surface area contributed by atoms with Gasteiger partial charge in [-0.1, -0.05) is 0 Å². The highest BCUT2D eigenvalue weighted by Gasteiger charge is 2.27. The third-order valence-electron chi connectivity index (χ3n) is 5.57. The van der Waals surface area contributed by atoms with E-state index in [0.717, 1.165) is 11.3 Å². The Balaban J connectivity index is 2.00. The quantitative estimate of drug-likeness (QED) is 0.629. The first-order valence-corrected chi connectivity index (χ1v) is 9.92. The number of nitrogens with one attached hydrogen (secondary N) is 2. The van der Waals surface area contributed by atoms with Gasteiger partial charge in [-0.25, -0.2) is 4.52 Å². The van der Waals surface area contributed by atoms with Crippen LogP contribution < -0.4 is 15.6 Å². The van der Waals surface area contributed by atoms with Crippen LogP contribution in [0.3, 0.4) is 0 Å². The number of ether oxygens (including phenoxy) is 1. The van der Waals surface area contributed by atoms with Crippen molar-refractivity contribution in [3.05, 3.63) is 62.8 Å². The Morgan fingerprint density at radius 1 is 1.35 bits per heavy atom. The topological polar surface area (TPSA) is 109 Å². The second-order valence-corrected chi connectivity index (χ2v) is 7.52. The molecule has 0 bridgehead atoms. The SMILES string of the molecule is COc1cc(C)[nH]c(=O)c1CNC(=O)c1c(C)c([C@@H](C)N(C)C(C)=O)n2ncccc12. The van der Waals surface area contributed by atoms with Gasteiger partial charge in [0, 0.05) is 25.9 Å². The zero-order valence-electron chi connectivity index (χ0n) is 18.6. The first kappa shape index (κ1) is 22.1. The van der Waals surface area contributed by atoms with Crippen LogP contribution in [0.1, 0.15) is 52.8 Å². The van der Waals surface area contributed by atoms with Crippen molar-refractivity contribution >= 4 is 17.3 Å². The molecule has 3 rings (SSSR count).